The largest absolute Gasteiger partial charge is 0.394 e. The van der Waals surface area contributed by atoms with Gasteiger partial charge in [0.15, 0.2) is 0 Å². The molecule has 1 aliphatic rings. The lowest BCUT2D eigenvalue weighted by Crippen LogP contribution is -2.46. The Labute approximate surface area is 110 Å². The van der Waals surface area contributed by atoms with Gasteiger partial charge in [0.25, 0.3) is 5.69 Å². The molecule has 0 unspecified atom stereocenters. The van der Waals surface area contributed by atoms with Gasteiger partial charge in [-0.25, -0.2) is 4.39 Å². The molecule has 2 rings (SSSR count). The van der Waals surface area contributed by atoms with Crippen molar-refractivity contribution in [1.82, 2.24) is 10.2 Å². The van der Waals surface area contributed by atoms with Crippen molar-refractivity contribution in [2.24, 2.45) is 0 Å². The predicted molar refractivity (Wildman–Crippen MR) is 67.3 cm³/mol. The van der Waals surface area contributed by atoms with E-state index in [9.17, 15) is 19.6 Å². The molecule has 1 aliphatic heterocycles. The summed E-state index contributed by atoms with van der Waals surface area (Å²) in [5.41, 5.74) is 0.0772. The van der Waals surface area contributed by atoms with Gasteiger partial charge in [0, 0.05) is 31.7 Å². The highest BCUT2D eigenvalue weighted by molar-refractivity contribution is 5.42. The predicted octanol–water partition coefficient (Wildman–Crippen LogP) is 0.672. The molecule has 0 aliphatic carbocycles. The molecular formula is C12H16FN3O3. The fraction of sp³-hybridized carbons (Fsp3) is 0.500. The zero-order valence-electron chi connectivity index (χ0n) is 10.4. The lowest BCUT2D eigenvalue weighted by molar-refractivity contribution is -0.386. The van der Waals surface area contributed by atoms with Crippen molar-refractivity contribution in [2.75, 3.05) is 32.8 Å². The topological polar surface area (TPSA) is 78.6 Å². The molecule has 1 heterocycles. The van der Waals surface area contributed by atoms with E-state index in [1.54, 1.807) is 0 Å². The zero-order valence-corrected chi connectivity index (χ0v) is 10.4. The molecule has 1 aromatic rings. The zero-order chi connectivity index (χ0) is 13.8. The summed E-state index contributed by atoms with van der Waals surface area (Å²) in [4.78, 5) is 12.4. The number of halogens is 1. The van der Waals surface area contributed by atoms with E-state index in [0.29, 0.717) is 18.7 Å². The molecule has 19 heavy (non-hydrogen) atoms. The maximum atomic E-state index is 13.1. The Morgan fingerprint density at radius 2 is 2.16 bits per heavy atom. The van der Waals surface area contributed by atoms with Crippen LogP contribution in [0.2, 0.25) is 0 Å². The van der Waals surface area contributed by atoms with Crippen LogP contribution in [0.1, 0.15) is 11.6 Å². The van der Waals surface area contributed by atoms with Crippen LogP contribution in [0.15, 0.2) is 18.2 Å². The quantitative estimate of drug-likeness (QED) is 0.620. The van der Waals surface area contributed by atoms with E-state index in [4.69, 9.17) is 0 Å². The minimum atomic E-state index is -0.646. The third-order valence-electron chi connectivity index (χ3n) is 3.31. The molecule has 1 atom stereocenters. The highest BCUT2D eigenvalue weighted by atomic mass is 19.1. The summed E-state index contributed by atoms with van der Waals surface area (Å²) >= 11 is 0. The molecule has 0 spiro atoms. The number of hydrogen-bond acceptors (Lipinski definition) is 5. The third kappa shape index (κ3) is 3.06. The molecule has 0 radical (unpaired) electrons. The van der Waals surface area contributed by atoms with Crippen molar-refractivity contribution >= 4 is 5.69 Å². The number of aliphatic hydroxyl groups is 1. The Morgan fingerprint density at radius 3 is 2.74 bits per heavy atom. The number of piperazine rings is 1. The number of nitrogens with zero attached hydrogens (tertiary/aromatic N) is 2. The molecule has 0 bridgehead atoms. The summed E-state index contributed by atoms with van der Waals surface area (Å²) < 4.78 is 13.1. The summed E-state index contributed by atoms with van der Waals surface area (Å²) in [6.45, 7) is 2.70. The molecule has 1 saturated heterocycles. The Hall–Kier alpha value is -1.57. The fourth-order valence-electron chi connectivity index (χ4n) is 2.36. The van der Waals surface area contributed by atoms with E-state index in [0.717, 1.165) is 19.2 Å². The number of nitrogens with one attached hydrogen (secondary N) is 1. The second kappa shape index (κ2) is 6.05. The molecule has 6 nitrogen and oxygen atoms in total. The molecule has 2 N–H and O–H groups in total. The number of aliphatic hydroxyl groups excluding tert-OH is 1. The monoisotopic (exact) mass is 269 g/mol. The Bertz CT molecular complexity index is 464. The van der Waals surface area contributed by atoms with Crippen LogP contribution in [-0.4, -0.2) is 47.7 Å². The molecule has 0 amide bonds. The Balaban J connectivity index is 2.34. The Kier molecular flexibility index (Phi) is 4.41. The van der Waals surface area contributed by atoms with Crippen molar-refractivity contribution in [3.8, 4) is 0 Å². The van der Waals surface area contributed by atoms with Crippen LogP contribution in [0.4, 0.5) is 10.1 Å². The fourth-order valence-corrected chi connectivity index (χ4v) is 2.36. The summed E-state index contributed by atoms with van der Waals surface area (Å²) in [7, 11) is 0. The molecular weight excluding hydrogens is 253 g/mol. The normalized spacial score (nSPS) is 18.2. The summed E-state index contributed by atoms with van der Waals surface area (Å²) in [5.74, 6) is -0.646. The van der Waals surface area contributed by atoms with Crippen molar-refractivity contribution in [2.45, 2.75) is 6.04 Å². The van der Waals surface area contributed by atoms with E-state index >= 15 is 0 Å². The van der Waals surface area contributed by atoms with Gasteiger partial charge in [0.05, 0.1) is 23.6 Å². The average Bonchev–Trinajstić information content (AvgIpc) is 2.42. The van der Waals surface area contributed by atoms with Gasteiger partial charge >= 0.3 is 0 Å². The van der Waals surface area contributed by atoms with E-state index in [-0.39, 0.29) is 12.3 Å². The average molecular weight is 269 g/mol. The number of nitro groups is 1. The van der Waals surface area contributed by atoms with Crippen molar-refractivity contribution in [1.29, 1.82) is 0 Å². The molecule has 0 aromatic heterocycles. The molecule has 1 fully saturated rings. The first-order valence-electron chi connectivity index (χ1n) is 6.13. The lowest BCUT2D eigenvalue weighted by Gasteiger charge is -2.33. The van der Waals surface area contributed by atoms with E-state index in [1.165, 1.54) is 12.1 Å². The van der Waals surface area contributed by atoms with Gasteiger partial charge in [-0.3, -0.25) is 15.0 Å². The molecule has 0 saturated carbocycles. The van der Waals surface area contributed by atoms with Gasteiger partial charge in [-0.1, -0.05) is 0 Å². The van der Waals surface area contributed by atoms with E-state index in [1.807, 2.05) is 4.90 Å². The van der Waals surface area contributed by atoms with Gasteiger partial charge in [-0.2, -0.15) is 0 Å². The lowest BCUT2D eigenvalue weighted by atomic mass is 10.0. The summed E-state index contributed by atoms with van der Waals surface area (Å²) in [6.07, 6.45) is 0. The minimum Gasteiger partial charge on any atom is -0.394 e. The number of rotatable bonds is 4. The number of nitro benzene ring substituents is 1. The van der Waals surface area contributed by atoms with Crippen LogP contribution in [0.5, 0.6) is 0 Å². The van der Waals surface area contributed by atoms with Crippen LogP contribution in [0, 0.1) is 15.9 Å². The SMILES string of the molecule is O=[N+]([O-])c1cc(F)ccc1[C@H](CO)N1CCNCC1. The van der Waals surface area contributed by atoms with Gasteiger partial charge in [-0.15, -0.1) is 0 Å². The van der Waals surface area contributed by atoms with Gasteiger partial charge < -0.3 is 10.4 Å². The first-order valence-corrected chi connectivity index (χ1v) is 6.13. The van der Waals surface area contributed by atoms with Gasteiger partial charge in [-0.05, 0) is 12.1 Å². The summed E-state index contributed by atoms with van der Waals surface area (Å²) in [5, 5.41) is 23.7. The maximum Gasteiger partial charge on any atom is 0.277 e. The highest BCUT2D eigenvalue weighted by Crippen LogP contribution is 2.29. The van der Waals surface area contributed by atoms with Crippen LogP contribution in [-0.2, 0) is 0 Å². The van der Waals surface area contributed by atoms with Crippen molar-refractivity contribution in [3.05, 3.63) is 39.7 Å². The molecule has 7 heteroatoms. The van der Waals surface area contributed by atoms with Crippen molar-refractivity contribution < 1.29 is 14.4 Å². The highest BCUT2D eigenvalue weighted by Gasteiger charge is 2.28. The molecule has 104 valence electrons. The second-order valence-electron chi connectivity index (χ2n) is 4.44. The van der Waals surface area contributed by atoms with Gasteiger partial charge in [0.1, 0.15) is 5.82 Å². The van der Waals surface area contributed by atoms with Crippen LogP contribution in [0.25, 0.3) is 0 Å². The van der Waals surface area contributed by atoms with Crippen molar-refractivity contribution in [3.63, 3.8) is 0 Å². The van der Waals surface area contributed by atoms with E-state index in [2.05, 4.69) is 5.32 Å². The minimum absolute atomic E-state index is 0.230. The first kappa shape index (κ1) is 13.9. The maximum absolute atomic E-state index is 13.1. The Morgan fingerprint density at radius 1 is 1.47 bits per heavy atom. The smallest absolute Gasteiger partial charge is 0.277 e. The van der Waals surface area contributed by atoms with Gasteiger partial charge in [0.2, 0.25) is 0 Å². The third-order valence-corrected chi connectivity index (χ3v) is 3.31. The van der Waals surface area contributed by atoms with Crippen LogP contribution < -0.4 is 5.32 Å². The number of hydrogen-bond donors (Lipinski definition) is 2. The van der Waals surface area contributed by atoms with E-state index < -0.39 is 16.8 Å². The van der Waals surface area contributed by atoms with Crippen LogP contribution >= 0.6 is 0 Å². The number of benzene rings is 1. The van der Waals surface area contributed by atoms with Crippen LogP contribution in [0.3, 0.4) is 0 Å². The summed E-state index contributed by atoms with van der Waals surface area (Å²) in [6, 6.07) is 3.01. The first-order chi connectivity index (χ1) is 9.13. The standard InChI is InChI=1S/C12H16FN3O3/c13-9-1-2-10(11(7-9)16(18)19)12(8-17)15-5-3-14-4-6-15/h1-2,7,12,14,17H,3-6,8H2/t12-/m0/s1. The second-order valence-corrected chi connectivity index (χ2v) is 4.44. The molecule has 1 aromatic carbocycles.